The van der Waals surface area contributed by atoms with Crippen molar-refractivity contribution in [2.75, 3.05) is 20.2 Å². The minimum atomic E-state index is 0.116. The number of benzene rings is 3. The minimum Gasteiger partial charge on any atom is -0.504 e. The van der Waals surface area contributed by atoms with Crippen molar-refractivity contribution in [2.24, 2.45) is 0 Å². The molecule has 1 fully saturated rings. The van der Waals surface area contributed by atoms with Gasteiger partial charge in [0.25, 0.3) is 0 Å². The summed E-state index contributed by atoms with van der Waals surface area (Å²) in [5.74, 6) is 1.40. The van der Waals surface area contributed by atoms with Crippen LogP contribution in [-0.4, -0.2) is 39.8 Å². The summed E-state index contributed by atoms with van der Waals surface area (Å²) in [7, 11) is 1.56. The van der Waals surface area contributed by atoms with Crippen molar-refractivity contribution in [3.63, 3.8) is 0 Å². The summed E-state index contributed by atoms with van der Waals surface area (Å²) in [4.78, 5) is 9.97. The lowest BCUT2D eigenvalue weighted by atomic mass is 10.0. The van der Waals surface area contributed by atoms with Gasteiger partial charge in [-0.25, -0.2) is 9.97 Å². The molecule has 2 N–H and O–H groups in total. The van der Waals surface area contributed by atoms with Crippen molar-refractivity contribution in [2.45, 2.75) is 18.9 Å². The number of piperidine rings is 1. The molecule has 34 heavy (non-hydrogen) atoms. The lowest BCUT2D eigenvalue weighted by Crippen LogP contribution is -2.29. The molecule has 3 heterocycles. The largest absolute Gasteiger partial charge is 0.504 e. The number of methoxy groups -OCH3 is 1. The fourth-order valence-electron chi connectivity index (χ4n) is 5.01. The summed E-state index contributed by atoms with van der Waals surface area (Å²) in [6.45, 7) is 1.93. The third kappa shape index (κ3) is 3.47. The van der Waals surface area contributed by atoms with E-state index in [4.69, 9.17) is 14.7 Å². The van der Waals surface area contributed by atoms with E-state index >= 15 is 0 Å². The second kappa shape index (κ2) is 8.47. The Bertz CT molecular complexity index is 1500. The molecule has 0 saturated carbocycles. The zero-order chi connectivity index (χ0) is 23.1. The van der Waals surface area contributed by atoms with Gasteiger partial charge in [0.2, 0.25) is 0 Å². The van der Waals surface area contributed by atoms with Gasteiger partial charge in [-0.2, -0.15) is 0 Å². The molecule has 0 atom stereocenters. The SMILES string of the molecule is COc1cc(-c2nc3c(-c4ccc5ccccc5c4)ccnc3n2C2CCNCC2)ccc1O. The van der Waals surface area contributed by atoms with Crippen LogP contribution in [0.1, 0.15) is 18.9 Å². The highest BCUT2D eigenvalue weighted by Crippen LogP contribution is 2.38. The van der Waals surface area contributed by atoms with Crippen LogP contribution in [0.25, 0.3) is 44.5 Å². The molecule has 6 rings (SSSR count). The third-order valence-electron chi connectivity index (χ3n) is 6.75. The van der Waals surface area contributed by atoms with Gasteiger partial charge in [-0.05, 0) is 72.6 Å². The molecule has 2 aromatic heterocycles. The quantitative estimate of drug-likeness (QED) is 0.375. The van der Waals surface area contributed by atoms with Gasteiger partial charge in [-0.3, -0.25) is 0 Å². The fraction of sp³-hybridized carbons (Fsp3) is 0.214. The number of aromatic nitrogens is 3. The summed E-state index contributed by atoms with van der Waals surface area (Å²) in [5.41, 5.74) is 4.86. The number of nitrogens with one attached hydrogen (secondary N) is 1. The average Bonchev–Trinajstić information content (AvgIpc) is 3.29. The lowest BCUT2D eigenvalue weighted by Gasteiger charge is -2.26. The van der Waals surface area contributed by atoms with Crippen molar-refractivity contribution >= 4 is 21.9 Å². The first kappa shape index (κ1) is 20.7. The number of hydrogen-bond donors (Lipinski definition) is 2. The van der Waals surface area contributed by atoms with Gasteiger partial charge in [0.15, 0.2) is 17.1 Å². The molecule has 6 nitrogen and oxygen atoms in total. The van der Waals surface area contributed by atoms with E-state index in [-0.39, 0.29) is 5.75 Å². The summed E-state index contributed by atoms with van der Waals surface area (Å²) in [6, 6.07) is 22.7. The number of phenolic OH excluding ortho intramolecular Hbond substituents is 1. The number of ether oxygens (including phenoxy) is 1. The number of imidazole rings is 1. The summed E-state index contributed by atoms with van der Waals surface area (Å²) in [5, 5.41) is 16.0. The van der Waals surface area contributed by atoms with Crippen LogP contribution in [-0.2, 0) is 0 Å². The van der Waals surface area contributed by atoms with E-state index < -0.39 is 0 Å². The monoisotopic (exact) mass is 450 g/mol. The molecule has 0 unspecified atom stereocenters. The zero-order valence-electron chi connectivity index (χ0n) is 19.0. The normalized spacial score (nSPS) is 14.6. The van der Waals surface area contributed by atoms with E-state index in [1.165, 1.54) is 10.8 Å². The van der Waals surface area contributed by atoms with Gasteiger partial charge in [-0.1, -0.05) is 36.4 Å². The van der Waals surface area contributed by atoms with Crippen molar-refractivity contribution in [3.8, 4) is 34.0 Å². The molecule has 0 amide bonds. The Hall–Kier alpha value is -3.90. The molecule has 1 aliphatic heterocycles. The van der Waals surface area contributed by atoms with Crippen LogP contribution >= 0.6 is 0 Å². The predicted octanol–water partition coefficient (Wildman–Crippen LogP) is 5.56. The molecular formula is C28H26N4O2. The van der Waals surface area contributed by atoms with Crippen LogP contribution in [0.3, 0.4) is 0 Å². The first-order valence-electron chi connectivity index (χ1n) is 11.7. The van der Waals surface area contributed by atoms with Crippen LogP contribution in [0.5, 0.6) is 11.5 Å². The molecule has 1 saturated heterocycles. The van der Waals surface area contributed by atoms with Gasteiger partial charge in [0, 0.05) is 23.4 Å². The molecule has 6 heteroatoms. The third-order valence-corrected chi connectivity index (χ3v) is 6.75. The molecule has 170 valence electrons. The Balaban J connectivity index is 1.59. The number of pyridine rings is 1. The van der Waals surface area contributed by atoms with Crippen LogP contribution in [0.15, 0.2) is 72.9 Å². The number of aromatic hydroxyl groups is 1. The zero-order valence-corrected chi connectivity index (χ0v) is 19.0. The van der Waals surface area contributed by atoms with Crippen LogP contribution in [0, 0.1) is 0 Å². The topological polar surface area (TPSA) is 72.2 Å². The molecule has 0 radical (unpaired) electrons. The van der Waals surface area contributed by atoms with Crippen molar-refractivity contribution in [3.05, 3.63) is 72.9 Å². The molecule has 1 aliphatic rings. The molecule has 0 bridgehead atoms. The van der Waals surface area contributed by atoms with Gasteiger partial charge in [-0.15, -0.1) is 0 Å². The highest BCUT2D eigenvalue weighted by molar-refractivity contribution is 5.95. The molecule has 0 spiro atoms. The Morgan fingerprint density at radius 2 is 1.74 bits per heavy atom. The highest BCUT2D eigenvalue weighted by Gasteiger charge is 2.25. The Morgan fingerprint density at radius 1 is 0.941 bits per heavy atom. The van der Waals surface area contributed by atoms with E-state index in [0.717, 1.165) is 59.6 Å². The first-order valence-corrected chi connectivity index (χ1v) is 11.7. The molecule has 0 aliphatic carbocycles. The van der Waals surface area contributed by atoms with E-state index in [0.29, 0.717) is 11.8 Å². The molecular weight excluding hydrogens is 424 g/mol. The Labute approximate surface area is 197 Å². The number of rotatable bonds is 4. The number of fused-ring (bicyclic) bond motifs is 2. The number of phenols is 1. The number of nitrogens with zero attached hydrogens (tertiary/aromatic N) is 3. The van der Waals surface area contributed by atoms with Gasteiger partial charge in [0.05, 0.1) is 7.11 Å². The smallest absolute Gasteiger partial charge is 0.161 e. The van der Waals surface area contributed by atoms with Gasteiger partial charge in [0.1, 0.15) is 11.3 Å². The Kier molecular flexibility index (Phi) is 5.15. The second-order valence-electron chi connectivity index (χ2n) is 8.77. The predicted molar refractivity (Wildman–Crippen MR) is 135 cm³/mol. The minimum absolute atomic E-state index is 0.116. The first-order chi connectivity index (χ1) is 16.7. The summed E-state index contributed by atoms with van der Waals surface area (Å²) < 4.78 is 7.67. The van der Waals surface area contributed by atoms with E-state index in [2.05, 4.69) is 52.3 Å². The molecule has 3 aromatic carbocycles. The van der Waals surface area contributed by atoms with Crippen LogP contribution in [0.4, 0.5) is 0 Å². The van der Waals surface area contributed by atoms with Gasteiger partial charge < -0.3 is 19.7 Å². The highest BCUT2D eigenvalue weighted by atomic mass is 16.5. The maximum absolute atomic E-state index is 10.1. The fourth-order valence-corrected chi connectivity index (χ4v) is 5.01. The van der Waals surface area contributed by atoms with E-state index in [1.807, 2.05) is 24.4 Å². The van der Waals surface area contributed by atoms with E-state index in [1.54, 1.807) is 13.2 Å². The van der Waals surface area contributed by atoms with Crippen LogP contribution in [0.2, 0.25) is 0 Å². The van der Waals surface area contributed by atoms with Crippen molar-refractivity contribution < 1.29 is 9.84 Å². The maximum atomic E-state index is 10.1. The second-order valence-corrected chi connectivity index (χ2v) is 8.77. The summed E-state index contributed by atoms with van der Waals surface area (Å²) in [6.07, 6.45) is 3.90. The average molecular weight is 451 g/mol. The summed E-state index contributed by atoms with van der Waals surface area (Å²) >= 11 is 0. The Morgan fingerprint density at radius 3 is 2.56 bits per heavy atom. The standard InChI is InChI=1S/C28H26N4O2/c1-34-25-17-21(8-9-24(25)33)27-31-26-23(20-7-6-18-4-2-3-5-19(18)16-20)12-15-30-28(26)32(27)22-10-13-29-14-11-22/h2-9,12,15-17,22,29,33H,10-11,13-14H2,1H3. The van der Waals surface area contributed by atoms with Crippen molar-refractivity contribution in [1.29, 1.82) is 0 Å². The van der Waals surface area contributed by atoms with E-state index in [9.17, 15) is 5.11 Å². The molecule has 5 aromatic rings. The number of hydrogen-bond acceptors (Lipinski definition) is 5. The van der Waals surface area contributed by atoms with Crippen molar-refractivity contribution in [1.82, 2.24) is 19.9 Å². The maximum Gasteiger partial charge on any atom is 0.161 e. The lowest BCUT2D eigenvalue weighted by molar-refractivity contribution is 0.372. The van der Waals surface area contributed by atoms with Crippen LogP contribution < -0.4 is 10.1 Å². The van der Waals surface area contributed by atoms with Gasteiger partial charge >= 0.3 is 0 Å².